The first-order valence-corrected chi connectivity index (χ1v) is 10.6. The normalized spacial score (nSPS) is 13.0. The molecule has 1 heterocycles. The van der Waals surface area contributed by atoms with Crippen molar-refractivity contribution in [3.63, 3.8) is 0 Å². The Morgan fingerprint density at radius 2 is 1.85 bits per heavy atom. The zero-order chi connectivity index (χ0) is 25.0. The Hall–Kier alpha value is -3.65. The molecule has 2 aromatic carbocycles. The van der Waals surface area contributed by atoms with Crippen LogP contribution in [0, 0.1) is 5.82 Å². The number of hydrogen-bond donors (Lipinski definition) is 2. The van der Waals surface area contributed by atoms with Crippen LogP contribution in [-0.2, 0) is 5.92 Å². The van der Waals surface area contributed by atoms with Crippen molar-refractivity contribution in [3.05, 3.63) is 105 Å². The van der Waals surface area contributed by atoms with E-state index >= 15 is 0 Å². The Labute approximate surface area is 195 Å². The molecule has 0 saturated carbocycles. The number of carbonyl (C=O) groups is 1. The summed E-state index contributed by atoms with van der Waals surface area (Å²) < 4.78 is 43.8. The smallest absolute Gasteiger partial charge is 0.298 e. The highest BCUT2D eigenvalue weighted by molar-refractivity contribution is 5.94. The maximum Gasteiger partial charge on any atom is 0.298 e. The number of aromatic nitrogens is 1. The number of aliphatic hydroxyl groups excluding tert-OH is 1. The Kier molecular flexibility index (Phi) is 7.41. The average Bonchev–Trinajstić information content (AvgIpc) is 2.83. The van der Waals surface area contributed by atoms with Crippen LogP contribution in [0.3, 0.4) is 0 Å². The molecule has 0 aliphatic rings. The van der Waals surface area contributed by atoms with Gasteiger partial charge >= 0.3 is 0 Å². The summed E-state index contributed by atoms with van der Waals surface area (Å²) in [6, 6.07) is 12.3. The summed E-state index contributed by atoms with van der Waals surface area (Å²) >= 11 is 0. The molecule has 1 aromatic heterocycles. The summed E-state index contributed by atoms with van der Waals surface area (Å²) in [5.41, 5.74) is 1.21. The molecular formula is C26H25F3N2O3. The number of rotatable bonds is 7. The standard InChI is InChI=1S/C26H25F3N2O3/c1-4-16(2)18-7-5-8-20(13-18)31-14-19(11-12-23(31)33)25(34)30-17(3)21-9-6-10-22(24(21)27)26(28,29)15-32/h4-14,17,32H,15H2,1-3H3,(H,30,34)/b16-4+/t17-/m1/s1. The van der Waals surface area contributed by atoms with Gasteiger partial charge < -0.3 is 10.4 Å². The number of nitrogens with one attached hydrogen (secondary N) is 1. The van der Waals surface area contributed by atoms with E-state index in [0.717, 1.165) is 17.2 Å². The first kappa shape index (κ1) is 25.0. The summed E-state index contributed by atoms with van der Waals surface area (Å²) in [5.74, 6) is -5.56. The summed E-state index contributed by atoms with van der Waals surface area (Å²) in [6.07, 6.45) is 3.32. The lowest BCUT2D eigenvalue weighted by atomic mass is 10.00. The highest BCUT2D eigenvalue weighted by atomic mass is 19.3. The highest BCUT2D eigenvalue weighted by Crippen LogP contribution is 2.32. The van der Waals surface area contributed by atoms with E-state index < -0.39 is 35.9 Å². The number of benzene rings is 2. The van der Waals surface area contributed by atoms with Crippen LogP contribution < -0.4 is 10.9 Å². The quantitative estimate of drug-likeness (QED) is 0.512. The molecule has 3 rings (SSSR count). The van der Waals surface area contributed by atoms with Gasteiger partial charge in [-0.2, -0.15) is 8.78 Å². The Bertz CT molecular complexity index is 1300. The van der Waals surface area contributed by atoms with Gasteiger partial charge in [-0.3, -0.25) is 14.2 Å². The zero-order valence-electron chi connectivity index (χ0n) is 19.0. The van der Waals surface area contributed by atoms with Crippen molar-refractivity contribution in [3.8, 4) is 5.69 Å². The van der Waals surface area contributed by atoms with Gasteiger partial charge in [0.15, 0.2) is 0 Å². The minimum atomic E-state index is -3.75. The van der Waals surface area contributed by atoms with Crippen LogP contribution in [-0.4, -0.2) is 22.2 Å². The molecule has 2 N–H and O–H groups in total. The van der Waals surface area contributed by atoms with Gasteiger partial charge in [0.1, 0.15) is 12.4 Å². The third-order valence-electron chi connectivity index (χ3n) is 5.62. The Morgan fingerprint density at radius 3 is 2.53 bits per heavy atom. The van der Waals surface area contributed by atoms with E-state index in [4.69, 9.17) is 5.11 Å². The molecule has 1 atom stereocenters. The molecule has 0 radical (unpaired) electrons. The predicted molar refractivity (Wildman–Crippen MR) is 125 cm³/mol. The van der Waals surface area contributed by atoms with Gasteiger partial charge in [0, 0.05) is 23.5 Å². The van der Waals surface area contributed by atoms with Crippen LogP contribution in [0.1, 0.15) is 53.9 Å². The molecule has 5 nitrogen and oxygen atoms in total. The minimum absolute atomic E-state index is 0.136. The van der Waals surface area contributed by atoms with Crippen LogP contribution in [0.4, 0.5) is 13.2 Å². The van der Waals surface area contributed by atoms with E-state index in [1.165, 1.54) is 42.0 Å². The number of pyridine rings is 1. The summed E-state index contributed by atoms with van der Waals surface area (Å²) in [5, 5.41) is 11.5. The maximum atomic E-state index is 14.7. The van der Waals surface area contributed by atoms with E-state index in [1.807, 2.05) is 32.1 Å². The number of hydrogen-bond acceptors (Lipinski definition) is 3. The number of carbonyl (C=O) groups excluding carboxylic acids is 1. The van der Waals surface area contributed by atoms with Crippen molar-refractivity contribution in [2.45, 2.75) is 32.7 Å². The molecule has 0 saturated heterocycles. The van der Waals surface area contributed by atoms with Crippen LogP contribution in [0.5, 0.6) is 0 Å². The van der Waals surface area contributed by atoms with Gasteiger partial charge in [0.25, 0.3) is 17.4 Å². The fourth-order valence-electron chi connectivity index (χ4n) is 3.50. The van der Waals surface area contributed by atoms with E-state index in [-0.39, 0.29) is 16.7 Å². The van der Waals surface area contributed by atoms with Crippen molar-refractivity contribution in [2.75, 3.05) is 6.61 Å². The van der Waals surface area contributed by atoms with Crippen molar-refractivity contribution >= 4 is 11.5 Å². The topological polar surface area (TPSA) is 71.3 Å². The van der Waals surface area contributed by atoms with Crippen LogP contribution in [0.25, 0.3) is 11.3 Å². The SMILES string of the molecule is C/C=C(\C)c1cccc(-n2cc(C(=O)N[C@H](C)c3cccc(C(F)(F)CO)c3F)ccc2=O)c1. The van der Waals surface area contributed by atoms with Gasteiger partial charge in [0.05, 0.1) is 17.2 Å². The van der Waals surface area contributed by atoms with Gasteiger partial charge in [0.2, 0.25) is 0 Å². The lowest BCUT2D eigenvalue weighted by molar-refractivity contribution is -0.0584. The number of nitrogens with zero attached hydrogens (tertiary/aromatic N) is 1. The maximum absolute atomic E-state index is 14.7. The van der Waals surface area contributed by atoms with Gasteiger partial charge in [-0.25, -0.2) is 4.39 Å². The predicted octanol–water partition coefficient (Wildman–Crippen LogP) is 4.97. The van der Waals surface area contributed by atoms with E-state index in [0.29, 0.717) is 5.69 Å². The highest BCUT2D eigenvalue weighted by Gasteiger charge is 2.35. The monoisotopic (exact) mass is 470 g/mol. The molecule has 0 unspecified atom stereocenters. The number of allylic oxidation sites excluding steroid dienone is 2. The second kappa shape index (κ2) is 10.1. The van der Waals surface area contributed by atoms with Crippen molar-refractivity contribution in [1.29, 1.82) is 0 Å². The molecule has 34 heavy (non-hydrogen) atoms. The third kappa shape index (κ3) is 5.12. The van der Waals surface area contributed by atoms with Crippen molar-refractivity contribution < 1.29 is 23.1 Å². The summed E-state index contributed by atoms with van der Waals surface area (Å²) in [6.45, 7) is 3.77. The fraction of sp³-hybridized carbons (Fsp3) is 0.231. The molecule has 8 heteroatoms. The molecule has 0 aliphatic carbocycles. The number of halogens is 3. The Morgan fingerprint density at radius 1 is 1.15 bits per heavy atom. The number of alkyl halides is 2. The molecule has 178 valence electrons. The number of aliphatic hydroxyl groups is 1. The first-order valence-electron chi connectivity index (χ1n) is 10.6. The van der Waals surface area contributed by atoms with Gasteiger partial charge in [-0.05, 0) is 56.2 Å². The van der Waals surface area contributed by atoms with E-state index in [2.05, 4.69) is 5.32 Å². The average molecular weight is 470 g/mol. The zero-order valence-corrected chi connectivity index (χ0v) is 19.0. The number of amides is 1. The lowest BCUT2D eigenvalue weighted by Crippen LogP contribution is -2.30. The minimum Gasteiger partial charge on any atom is -0.390 e. The van der Waals surface area contributed by atoms with Gasteiger partial charge in [-0.1, -0.05) is 30.3 Å². The van der Waals surface area contributed by atoms with Crippen LogP contribution >= 0.6 is 0 Å². The van der Waals surface area contributed by atoms with Crippen LogP contribution in [0.15, 0.2) is 71.7 Å². The van der Waals surface area contributed by atoms with E-state index in [1.54, 1.807) is 12.1 Å². The molecule has 0 aliphatic heterocycles. The van der Waals surface area contributed by atoms with Crippen molar-refractivity contribution in [2.24, 2.45) is 0 Å². The summed E-state index contributed by atoms with van der Waals surface area (Å²) in [4.78, 5) is 25.3. The lowest BCUT2D eigenvalue weighted by Gasteiger charge is -2.20. The molecule has 0 bridgehead atoms. The molecule has 1 amide bonds. The molecular weight excluding hydrogens is 445 g/mol. The van der Waals surface area contributed by atoms with Crippen molar-refractivity contribution in [1.82, 2.24) is 9.88 Å². The van der Waals surface area contributed by atoms with E-state index in [9.17, 15) is 22.8 Å². The fourth-order valence-corrected chi connectivity index (χ4v) is 3.50. The second-order valence-electron chi connectivity index (χ2n) is 7.91. The second-order valence-corrected chi connectivity index (χ2v) is 7.91. The van der Waals surface area contributed by atoms with Gasteiger partial charge in [-0.15, -0.1) is 0 Å². The Balaban J connectivity index is 1.90. The molecule has 0 fully saturated rings. The summed E-state index contributed by atoms with van der Waals surface area (Å²) in [7, 11) is 0. The largest absolute Gasteiger partial charge is 0.390 e. The molecule has 0 spiro atoms. The van der Waals surface area contributed by atoms with Crippen LogP contribution in [0.2, 0.25) is 0 Å². The molecule has 3 aromatic rings. The third-order valence-corrected chi connectivity index (χ3v) is 5.62. The first-order chi connectivity index (χ1) is 16.1.